The first-order valence-electron chi connectivity index (χ1n) is 10.5. The van der Waals surface area contributed by atoms with Crippen LogP contribution in [0.2, 0.25) is 5.02 Å². The summed E-state index contributed by atoms with van der Waals surface area (Å²) in [5, 5.41) is 11.6. The molecule has 1 aliphatic heterocycles. The summed E-state index contributed by atoms with van der Waals surface area (Å²) >= 11 is 6.00. The van der Waals surface area contributed by atoms with Gasteiger partial charge in [-0.05, 0) is 62.4 Å². The maximum absolute atomic E-state index is 12.7. The van der Waals surface area contributed by atoms with Gasteiger partial charge in [-0.1, -0.05) is 24.4 Å². The van der Waals surface area contributed by atoms with Crippen molar-refractivity contribution in [2.24, 2.45) is 0 Å². The molecule has 2 N–H and O–H groups in total. The number of nitrogens with zero attached hydrogens (tertiary/aromatic N) is 3. The largest absolute Gasteiger partial charge is 0.322 e. The maximum Gasteiger partial charge on any atom is 0.255 e. The first-order chi connectivity index (χ1) is 15.4. The van der Waals surface area contributed by atoms with Gasteiger partial charge in [0.25, 0.3) is 5.91 Å². The summed E-state index contributed by atoms with van der Waals surface area (Å²) in [4.78, 5) is 12.5. The Kier molecular flexibility index (Phi) is 6.59. The minimum Gasteiger partial charge on any atom is -0.322 e. The van der Waals surface area contributed by atoms with E-state index in [0.29, 0.717) is 5.69 Å². The highest BCUT2D eigenvalue weighted by molar-refractivity contribution is 7.89. The number of carbonyl (C=O) groups is 1. The monoisotopic (exact) mass is 473 g/mol. The Hall–Kier alpha value is -2.75. The number of amides is 1. The van der Waals surface area contributed by atoms with Crippen molar-refractivity contribution in [1.82, 2.24) is 19.5 Å². The molecule has 1 aromatic heterocycles. The van der Waals surface area contributed by atoms with Crippen LogP contribution in [0.15, 0.2) is 47.4 Å². The maximum atomic E-state index is 12.7. The van der Waals surface area contributed by atoms with Gasteiger partial charge in [0.1, 0.15) is 10.7 Å². The highest BCUT2D eigenvalue weighted by Gasteiger charge is 2.19. The third-order valence-electron chi connectivity index (χ3n) is 5.51. The fourth-order valence-electron chi connectivity index (χ4n) is 3.74. The van der Waals surface area contributed by atoms with Crippen LogP contribution in [0.5, 0.6) is 0 Å². The molecular weight excluding hydrogens is 450 g/mol. The SMILES string of the molecule is CNS(=O)(=O)c1cc(C(=O)Nc2ccc(-c3nnc4n3CCCCCC4)cc2)ccc1Cl. The van der Waals surface area contributed by atoms with Crippen molar-refractivity contribution in [1.29, 1.82) is 0 Å². The van der Waals surface area contributed by atoms with Gasteiger partial charge in [-0.3, -0.25) is 4.79 Å². The average Bonchev–Trinajstić information content (AvgIpc) is 3.15. The fraction of sp³-hybridized carbons (Fsp3) is 0.318. The minimum atomic E-state index is -3.78. The molecule has 0 bridgehead atoms. The van der Waals surface area contributed by atoms with Crippen molar-refractivity contribution in [2.45, 2.75) is 43.5 Å². The van der Waals surface area contributed by atoms with Crippen LogP contribution in [0.3, 0.4) is 0 Å². The Balaban J connectivity index is 1.53. The molecule has 32 heavy (non-hydrogen) atoms. The molecule has 4 rings (SSSR count). The lowest BCUT2D eigenvalue weighted by Crippen LogP contribution is -2.20. The van der Waals surface area contributed by atoms with Crippen LogP contribution in [0.4, 0.5) is 5.69 Å². The summed E-state index contributed by atoms with van der Waals surface area (Å²) in [6.07, 6.45) is 5.62. The molecule has 0 saturated carbocycles. The van der Waals surface area contributed by atoms with E-state index in [0.717, 1.165) is 43.0 Å². The number of benzene rings is 2. The van der Waals surface area contributed by atoms with Crippen molar-refractivity contribution in [3.8, 4) is 11.4 Å². The average molecular weight is 474 g/mol. The van der Waals surface area contributed by atoms with Crippen LogP contribution < -0.4 is 10.0 Å². The zero-order valence-electron chi connectivity index (χ0n) is 17.6. The highest BCUT2D eigenvalue weighted by atomic mass is 35.5. The number of aromatic nitrogens is 3. The van der Waals surface area contributed by atoms with Crippen LogP contribution in [-0.2, 0) is 23.0 Å². The molecule has 168 valence electrons. The molecule has 0 unspecified atom stereocenters. The van der Waals surface area contributed by atoms with Gasteiger partial charge in [-0.25, -0.2) is 13.1 Å². The second-order valence-electron chi connectivity index (χ2n) is 7.64. The summed E-state index contributed by atoms with van der Waals surface area (Å²) < 4.78 is 28.6. The second kappa shape index (κ2) is 9.40. The number of rotatable bonds is 5. The van der Waals surface area contributed by atoms with Crippen molar-refractivity contribution in [2.75, 3.05) is 12.4 Å². The number of hydrogen-bond donors (Lipinski definition) is 2. The van der Waals surface area contributed by atoms with E-state index in [1.165, 1.54) is 38.1 Å². The van der Waals surface area contributed by atoms with Crippen molar-refractivity contribution in [3.63, 3.8) is 0 Å². The van der Waals surface area contributed by atoms with Crippen LogP contribution >= 0.6 is 11.6 Å². The topological polar surface area (TPSA) is 106 Å². The Morgan fingerprint density at radius 2 is 1.78 bits per heavy atom. The van der Waals surface area contributed by atoms with Gasteiger partial charge >= 0.3 is 0 Å². The van der Waals surface area contributed by atoms with Gasteiger partial charge < -0.3 is 9.88 Å². The van der Waals surface area contributed by atoms with Crippen LogP contribution in [0.1, 0.15) is 41.9 Å². The predicted molar refractivity (Wildman–Crippen MR) is 123 cm³/mol. The quantitative estimate of drug-likeness (QED) is 0.585. The summed E-state index contributed by atoms with van der Waals surface area (Å²) in [6, 6.07) is 11.5. The van der Waals surface area contributed by atoms with E-state index in [1.54, 1.807) is 12.1 Å². The van der Waals surface area contributed by atoms with Crippen molar-refractivity contribution >= 4 is 33.2 Å². The highest BCUT2D eigenvalue weighted by Crippen LogP contribution is 2.25. The van der Waals surface area contributed by atoms with Gasteiger partial charge in [-0.2, -0.15) is 0 Å². The molecule has 0 saturated heterocycles. The van der Waals surface area contributed by atoms with E-state index < -0.39 is 15.9 Å². The molecule has 0 aliphatic carbocycles. The number of halogens is 1. The third kappa shape index (κ3) is 4.69. The Bertz CT molecular complexity index is 1240. The lowest BCUT2D eigenvalue weighted by molar-refractivity contribution is 0.102. The van der Waals surface area contributed by atoms with E-state index in [2.05, 4.69) is 24.8 Å². The lowest BCUT2D eigenvalue weighted by Gasteiger charge is -2.13. The number of anilines is 1. The van der Waals surface area contributed by atoms with Gasteiger partial charge in [-0.15, -0.1) is 10.2 Å². The van der Waals surface area contributed by atoms with Crippen LogP contribution in [0, 0.1) is 0 Å². The van der Waals surface area contributed by atoms with Gasteiger partial charge in [0, 0.05) is 29.8 Å². The normalized spacial score (nSPS) is 14.3. The van der Waals surface area contributed by atoms with Crippen LogP contribution in [0.25, 0.3) is 11.4 Å². The van der Waals surface area contributed by atoms with Crippen molar-refractivity contribution in [3.05, 3.63) is 58.9 Å². The molecule has 3 aromatic rings. The molecular formula is C22H24ClN5O3S. The number of hydrogen-bond acceptors (Lipinski definition) is 5. The number of sulfonamides is 1. The van der Waals surface area contributed by atoms with Gasteiger partial charge in [0.15, 0.2) is 5.82 Å². The van der Waals surface area contributed by atoms with Gasteiger partial charge in [0.05, 0.1) is 5.02 Å². The molecule has 0 radical (unpaired) electrons. The Labute approximate surface area is 192 Å². The zero-order valence-corrected chi connectivity index (χ0v) is 19.2. The molecule has 0 spiro atoms. The molecule has 1 aliphatic rings. The summed E-state index contributed by atoms with van der Waals surface area (Å²) in [7, 11) is -2.49. The smallest absolute Gasteiger partial charge is 0.255 e. The van der Waals surface area contributed by atoms with E-state index >= 15 is 0 Å². The van der Waals surface area contributed by atoms with E-state index in [1.807, 2.05) is 12.1 Å². The molecule has 0 fully saturated rings. The van der Waals surface area contributed by atoms with Crippen LogP contribution in [-0.4, -0.2) is 36.1 Å². The molecule has 2 aromatic carbocycles. The van der Waals surface area contributed by atoms with Crippen molar-refractivity contribution < 1.29 is 13.2 Å². The number of aryl methyl sites for hydroxylation is 1. The zero-order chi connectivity index (χ0) is 22.7. The molecule has 8 nitrogen and oxygen atoms in total. The molecule has 0 atom stereocenters. The minimum absolute atomic E-state index is 0.0448. The predicted octanol–water partition coefficient (Wildman–Crippen LogP) is 3.88. The standard InChI is InChI=1S/C22H24ClN5O3S/c1-24-32(30,31)19-14-16(9-12-18(19)23)22(29)25-17-10-7-15(8-11-17)21-27-26-20-6-4-2-3-5-13-28(20)21/h7-12,14,24H,2-6,13H2,1H3,(H,25,29). The Morgan fingerprint density at radius 3 is 2.53 bits per heavy atom. The molecule has 1 amide bonds. The third-order valence-corrected chi connectivity index (χ3v) is 7.41. The van der Waals surface area contributed by atoms with E-state index in [-0.39, 0.29) is 15.5 Å². The Morgan fingerprint density at radius 1 is 1.03 bits per heavy atom. The number of nitrogens with one attached hydrogen (secondary N) is 2. The van der Waals surface area contributed by atoms with E-state index in [9.17, 15) is 13.2 Å². The molecule has 10 heteroatoms. The number of carbonyl (C=O) groups excluding carboxylic acids is 1. The summed E-state index contributed by atoms with van der Waals surface area (Å²) in [6.45, 7) is 0.907. The van der Waals surface area contributed by atoms with E-state index in [4.69, 9.17) is 11.6 Å². The summed E-state index contributed by atoms with van der Waals surface area (Å²) in [5.41, 5.74) is 1.70. The first kappa shape index (κ1) is 22.4. The second-order valence-corrected chi connectivity index (χ2v) is 9.90. The summed E-state index contributed by atoms with van der Waals surface area (Å²) in [5.74, 6) is 1.42. The number of fused-ring (bicyclic) bond motifs is 1. The first-order valence-corrected chi connectivity index (χ1v) is 12.3. The fourth-order valence-corrected chi connectivity index (χ4v) is 4.99. The van der Waals surface area contributed by atoms with Gasteiger partial charge in [0.2, 0.25) is 10.0 Å². The lowest BCUT2D eigenvalue weighted by atomic mass is 10.1. The molecule has 2 heterocycles.